The third-order valence-electron chi connectivity index (χ3n) is 4.03. The molecule has 2 aromatic heterocycles. The Bertz CT molecular complexity index is 1200. The molecule has 2 heterocycles. The third-order valence-corrected chi connectivity index (χ3v) is 5.44. The molecule has 9 heteroatoms. The van der Waals surface area contributed by atoms with Crippen LogP contribution in [0, 0.1) is 0 Å². The number of hydrogen-bond acceptors (Lipinski definition) is 8. The number of rotatable bonds is 6. The molecule has 0 aliphatic heterocycles. The number of amides is 1. The summed E-state index contributed by atoms with van der Waals surface area (Å²) in [6, 6.07) is 15.1. The van der Waals surface area contributed by atoms with Gasteiger partial charge in [0.15, 0.2) is 6.61 Å². The van der Waals surface area contributed by atoms with Gasteiger partial charge in [-0.15, -0.1) is 11.3 Å². The minimum atomic E-state index is -0.741. The minimum Gasteiger partial charge on any atom is -0.452 e. The Morgan fingerprint density at radius 1 is 0.931 bits per heavy atom. The fraction of sp³-hybridized carbons (Fsp3) is 0.0500. The average Bonchev–Trinajstić information content (AvgIpc) is 3.44. The van der Waals surface area contributed by atoms with Crippen LogP contribution < -0.4 is 5.32 Å². The summed E-state index contributed by atoms with van der Waals surface area (Å²) < 4.78 is 13.4. The first kappa shape index (κ1) is 18.9. The predicted molar refractivity (Wildman–Crippen MR) is 111 cm³/mol. The number of carbonyl (C=O) groups excluding carboxylic acids is 3. The summed E-state index contributed by atoms with van der Waals surface area (Å²) in [7, 11) is 0. The van der Waals surface area contributed by atoms with Gasteiger partial charge in [-0.05, 0) is 29.6 Å². The Labute approximate surface area is 173 Å². The fourth-order valence-electron chi connectivity index (χ4n) is 2.70. The van der Waals surface area contributed by atoms with Crippen molar-refractivity contribution in [2.45, 2.75) is 0 Å². The molecule has 0 saturated heterocycles. The maximum Gasteiger partial charge on any atom is 0.339 e. The van der Waals surface area contributed by atoms with Crippen molar-refractivity contribution in [3.05, 3.63) is 76.0 Å². The predicted octanol–water partition coefficient (Wildman–Crippen LogP) is 3.78. The molecule has 0 spiro atoms. The van der Waals surface area contributed by atoms with Crippen molar-refractivity contribution in [3.63, 3.8) is 0 Å². The van der Waals surface area contributed by atoms with Crippen LogP contribution in [-0.2, 0) is 9.53 Å². The molecule has 1 N–H and O–H groups in total. The van der Waals surface area contributed by atoms with E-state index >= 15 is 0 Å². The van der Waals surface area contributed by atoms with E-state index < -0.39 is 18.5 Å². The molecule has 0 radical (unpaired) electrons. The number of anilines is 1. The van der Waals surface area contributed by atoms with Crippen LogP contribution in [0.3, 0.4) is 0 Å². The number of ketones is 1. The zero-order chi connectivity index (χ0) is 20.2. The second-order valence-electron chi connectivity index (χ2n) is 5.91. The average molecular weight is 423 g/mol. The number of fused-ring (bicyclic) bond motifs is 1. The molecule has 0 aliphatic carbocycles. The van der Waals surface area contributed by atoms with Crippen LogP contribution in [0.1, 0.15) is 25.6 Å². The number of carbonyl (C=O) groups is 3. The minimum absolute atomic E-state index is 0.115. The summed E-state index contributed by atoms with van der Waals surface area (Å²) in [6.45, 7) is -0.492. The third kappa shape index (κ3) is 4.05. The Morgan fingerprint density at radius 3 is 2.55 bits per heavy atom. The first-order valence-corrected chi connectivity index (χ1v) is 10.1. The van der Waals surface area contributed by atoms with Crippen molar-refractivity contribution >= 4 is 57.4 Å². The van der Waals surface area contributed by atoms with Gasteiger partial charge in [-0.1, -0.05) is 30.3 Å². The van der Waals surface area contributed by atoms with Crippen LogP contribution in [0.15, 0.2) is 60.0 Å². The first-order chi connectivity index (χ1) is 14.1. The lowest BCUT2D eigenvalue weighted by Gasteiger charge is -2.09. The van der Waals surface area contributed by atoms with E-state index in [-0.39, 0.29) is 16.9 Å². The van der Waals surface area contributed by atoms with Gasteiger partial charge in [-0.2, -0.15) is 8.75 Å². The van der Waals surface area contributed by atoms with E-state index in [9.17, 15) is 14.4 Å². The maximum absolute atomic E-state index is 12.6. The Kier molecular flexibility index (Phi) is 5.41. The van der Waals surface area contributed by atoms with Crippen LogP contribution >= 0.6 is 23.1 Å². The van der Waals surface area contributed by atoms with Crippen LogP contribution in [0.4, 0.5) is 5.69 Å². The molecule has 0 fully saturated rings. The summed E-state index contributed by atoms with van der Waals surface area (Å²) in [5.74, 6) is -1.52. The molecule has 4 aromatic rings. The van der Waals surface area contributed by atoms with E-state index in [2.05, 4.69) is 14.1 Å². The van der Waals surface area contributed by atoms with Crippen molar-refractivity contribution in [2.24, 2.45) is 0 Å². The number of esters is 1. The number of thiophene rings is 1. The number of nitrogens with one attached hydrogen (secondary N) is 1. The van der Waals surface area contributed by atoms with Crippen LogP contribution in [-0.4, -0.2) is 33.0 Å². The molecule has 29 heavy (non-hydrogen) atoms. The number of ether oxygens (including phenoxy) is 1. The molecule has 144 valence electrons. The molecule has 0 unspecified atom stereocenters. The van der Waals surface area contributed by atoms with E-state index in [4.69, 9.17) is 4.74 Å². The van der Waals surface area contributed by atoms with Gasteiger partial charge < -0.3 is 10.1 Å². The summed E-state index contributed by atoms with van der Waals surface area (Å²) in [5, 5.41) is 4.45. The topological polar surface area (TPSA) is 98.2 Å². The molecule has 2 aromatic carbocycles. The van der Waals surface area contributed by atoms with Gasteiger partial charge >= 0.3 is 5.97 Å². The van der Waals surface area contributed by atoms with Crippen molar-refractivity contribution in [2.75, 3.05) is 11.9 Å². The van der Waals surface area contributed by atoms with E-state index in [1.54, 1.807) is 53.9 Å². The van der Waals surface area contributed by atoms with Gasteiger partial charge in [0, 0.05) is 5.56 Å². The highest BCUT2D eigenvalue weighted by atomic mass is 32.1. The highest BCUT2D eigenvalue weighted by Crippen LogP contribution is 2.21. The van der Waals surface area contributed by atoms with Crippen molar-refractivity contribution in [1.29, 1.82) is 0 Å². The lowest BCUT2D eigenvalue weighted by Crippen LogP contribution is -2.22. The monoisotopic (exact) mass is 423 g/mol. The van der Waals surface area contributed by atoms with Crippen molar-refractivity contribution in [3.8, 4) is 0 Å². The molecule has 7 nitrogen and oxygen atoms in total. The van der Waals surface area contributed by atoms with E-state index in [0.717, 1.165) is 11.7 Å². The zero-order valence-corrected chi connectivity index (χ0v) is 16.5. The van der Waals surface area contributed by atoms with Crippen molar-refractivity contribution < 1.29 is 19.1 Å². The normalized spacial score (nSPS) is 10.6. The standard InChI is InChI=1S/C20H13N3O4S2/c24-17(21-14-7-3-8-15-18(14)23-29-22-15)11-27-20(26)13-6-2-1-5-12(13)19(25)16-9-4-10-28-16/h1-10H,11H2,(H,21,24). The molecule has 1 amide bonds. The van der Waals surface area contributed by atoms with Crippen LogP contribution in [0.2, 0.25) is 0 Å². The van der Waals surface area contributed by atoms with Gasteiger partial charge in [0.25, 0.3) is 5.91 Å². The largest absolute Gasteiger partial charge is 0.452 e. The van der Waals surface area contributed by atoms with E-state index in [0.29, 0.717) is 21.6 Å². The Balaban J connectivity index is 1.44. The molecule has 0 saturated carbocycles. The molecular weight excluding hydrogens is 410 g/mol. The van der Waals surface area contributed by atoms with Crippen molar-refractivity contribution in [1.82, 2.24) is 8.75 Å². The first-order valence-electron chi connectivity index (χ1n) is 8.49. The summed E-state index contributed by atoms with van der Waals surface area (Å²) in [5.41, 5.74) is 2.09. The quantitative estimate of drug-likeness (QED) is 0.374. The van der Waals surface area contributed by atoms with Gasteiger partial charge in [0.2, 0.25) is 5.78 Å². The van der Waals surface area contributed by atoms with E-state index in [1.807, 2.05) is 0 Å². The van der Waals surface area contributed by atoms with Gasteiger partial charge in [-0.3, -0.25) is 9.59 Å². The summed E-state index contributed by atoms with van der Waals surface area (Å²) in [4.78, 5) is 37.9. The molecule has 0 aliphatic rings. The number of aromatic nitrogens is 2. The van der Waals surface area contributed by atoms with Gasteiger partial charge in [0.05, 0.1) is 27.9 Å². The highest BCUT2D eigenvalue weighted by Gasteiger charge is 2.20. The van der Waals surface area contributed by atoms with Crippen LogP contribution in [0.5, 0.6) is 0 Å². The van der Waals surface area contributed by atoms with Crippen LogP contribution in [0.25, 0.3) is 11.0 Å². The second kappa shape index (κ2) is 8.29. The lowest BCUT2D eigenvalue weighted by molar-refractivity contribution is -0.119. The highest BCUT2D eigenvalue weighted by molar-refractivity contribution is 7.12. The Morgan fingerprint density at radius 2 is 1.76 bits per heavy atom. The van der Waals surface area contributed by atoms with Gasteiger partial charge in [0.1, 0.15) is 11.0 Å². The fourth-order valence-corrected chi connectivity index (χ4v) is 3.93. The molecule has 0 atom stereocenters. The van der Waals surface area contributed by atoms with E-state index in [1.165, 1.54) is 17.4 Å². The molecule has 4 rings (SSSR count). The summed E-state index contributed by atoms with van der Waals surface area (Å²) >= 11 is 2.34. The maximum atomic E-state index is 12.6. The number of nitrogens with zero attached hydrogens (tertiary/aromatic N) is 2. The smallest absolute Gasteiger partial charge is 0.339 e. The SMILES string of the molecule is O=C(COC(=O)c1ccccc1C(=O)c1cccs1)Nc1cccc2nsnc12. The molecule has 0 bridgehead atoms. The second-order valence-corrected chi connectivity index (χ2v) is 7.39. The summed E-state index contributed by atoms with van der Waals surface area (Å²) in [6.07, 6.45) is 0. The number of hydrogen-bond donors (Lipinski definition) is 1. The van der Waals surface area contributed by atoms with Gasteiger partial charge in [-0.25, -0.2) is 4.79 Å². The molecular formula is C20H13N3O4S2. The zero-order valence-electron chi connectivity index (χ0n) is 14.8. The Hall–Kier alpha value is -3.43. The lowest BCUT2D eigenvalue weighted by atomic mass is 10.0. The number of benzene rings is 2.